The van der Waals surface area contributed by atoms with Gasteiger partial charge in [0.05, 0.1) is 6.61 Å². The maximum atomic E-state index is 11.0. The van der Waals surface area contributed by atoms with Crippen molar-refractivity contribution in [3.05, 3.63) is 0 Å². The van der Waals surface area contributed by atoms with Crippen molar-refractivity contribution in [1.82, 2.24) is 0 Å². The summed E-state index contributed by atoms with van der Waals surface area (Å²) in [5.74, 6) is -0.639. The van der Waals surface area contributed by atoms with Gasteiger partial charge in [0, 0.05) is 13.5 Å². The Hall–Kier alpha value is -0.930. The van der Waals surface area contributed by atoms with E-state index in [4.69, 9.17) is 23.7 Å². The first-order chi connectivity index (χ1) is 13.2. The van der Waals surface area contributed by atoms with Gasteiger partial charge >= 0.3 is 5.97 Å². The molecule has 10 atom stereocenters. The predicted octanol–water partition coefficient (Wildman–Crippen LogP) is -3.78. The number of rotatable bonds is 7. The number of hydrogen-bond donors (Lipinski definition) is 6. The Morgan fingerprint density at radius 2 is 1.50 bits per heavy atom. The first-order valence-corrected chi connectivity index (χ1v) is 8.93. The van der Waals surface area contributed by atoms with Gasteiger partial charge in [0.15, 0.2) is 12.6 Å². The van der Waals surface area contributed by atoms with E-state index in [1.54, 1.807) is 6.92 Å². The number of ether oxygens (including phenoxy) is 5. The van der Waals surface area contributed by atoms with Crippen LogP contribution in [0.15, 0.2) is 0 Å². The standard InChI is InChI=1S/C16H28O12/c1-3-24-16-14(12(22)9(19)7(4-17)26-16)28-15-13(23)11(21)10(20)8(27-15)5-25-6(2)18/h7-17,19-23H,3-5H2,1-2H3/t7?,8?,9-,10-,11?,12?,13+,14+,15+,16?/m1/s1. The molecule has 12 heteroatoms. The molecule has 2 aliphatic rings. The fourth-order valence-electron chi connectivity index (χ4n) is 3.02. The lowest BCUT2D eigenvalue weighted by molar-refractivity contribution is -0.367. The normalized spacial score (nSPS) is 44.3. The third-order valence-electron chi connectivity index (χ3n) is 4.57. The van der Waals surface area contributed by atoms with E-state index in [0.717, 1.165) is 6.92 Å². The third-order valence-corrected chi connectivity index (χ3v) is 4.57. The number of aliphatic hydroxyl groups is 6. The van der Waals surface area contributed by atoms with Crippen LogP contribution in [0.25, 0.3) is 0 Å². The highest BCUT2D eigenvalue weighted by Crippen LogP contribution is 2.29. The first kappa shape index (κ1) is 23.3. The molecule has 0 aromatic carbocycles. The SMILES string of the molecule is CCOC1OC(CO)[C@@H](O)C(O)[C@@H]1O[C@@H]1OC(COC(C)=O)[C@@H](O)C(O)[C@@H]1O. The Labute approximate surface area is 161 Å². The van der Waals surface area contributed by atoms with Crippen LogP contribution in [0.1, 0.15) is 13.8 Å². The maximum Gasteiger partial charge on any atom is 0.302 e. The molecule has 0 aromatic rings. The topological polar surface area (TPSA) is 185 Å². The molecule has 2 saturated heterocycles. The highest BCUT2D eigenvalue weighted by molar-refractivity contribution is 5.65. The number of aliphatic hydroxyl groups excluding tert-OH is 6. The summed E-state index contributed by atoms with van der Waals surface area (Å²) in [5, 5.41) is 59.9. The highest BCUT2D eigenvalue weighted by Gasteiger charge is 2.51. The molecule has 0 spiro atoms. The molecule has 0 radical (unpaired) electrons. The molecule has 28 heavy (non-hydrogen) atoms. The molecular formula is C16H28O12. The van der Waals surface area contributed by atoms with Crippen molar-refractivity contribution in [1.29, 1.82) is 0 Å². The van der Waals surface area contributed by atoms with Crippen LogP contribution in [-0.4, -0.2) is 118 Å². The molecule has 2 aliphatic heterocycles. The Bertz CT molecular complexity index is 504. The van der Waals surface area contributed by atoms with Crippen molar-refractivity contribution in [2.75, 3.05) is 19.8 Å². The molecule has 0 saturated carbocycles. The molecule has 2 rings (SSSR count). The summed E-state index contributed by atoms with van der Waals surface area (Å²) in [6, 6.07) is 0. The van der Waals surface area contributed by atoms with E-state index >= 15 is 0 Å². The van der Waals surface area contributed by atoms with Gasteiger partial charge in [-0.2, -0.15) is 0 Å². The molecular weight excluding hydrogens is 384 g/mol. The molecule has 0 aliphatic carbocycles. The average molecular weight is 412 g/mol. The number of carbonyl (C=O) groups is 1. The van der Waals surface area contributed by atoms with Crippen molar-refractivity contribution in [3.8, 4) is 0 Å². The number of hydrogen-bond acceptors (Lipinski definition) is 12. The second-order valence-corrected chi connectivity index (χ2v) is 6.58. The second-order valence-electron chi connectivity index (χ2n) is 6.58. The molecule has 2 fully saturated rings. The van der Waals surface area contributed by atoms with Crippen LogP contribution < -0.4 is 0 Å². The van der Waals surface area contributed by atoms with Crippen LogP contribution in [-0.2, 0) is 28.5 Å². The maximum absolute atomic E-state index is 11.0. The summed E-state index contributed by atoms with van der Waals surface area (Å²) in [4.78, 5) is 11.0. The van der Waals surface area contributed by atoms with Crippen LogP contribution in [0.2, 0.25) is 0 Å². The molecule has 0 aromatic heterocycles. The van der Waals surface area contributed by atoms with E-state index < -0.39 is 80.6 Å². The van der Waals surface area contributed by atoms with E-state index in [9.17, 15) is 35.4 Å². The smallest absolute Gasteiger partial charge is 0.302 e. The Kier molecular flexibility index (Phi) is 8.51. The lowest BCUT2D eigenvalue weighted by atomic mass is 9.97. The minimum absolute atomic E-state index is 0.149. The van der Waals surface area contributed by atoms with Gasteiger partial charge in [-0.3, -0.25) is 4.79 Å². The summed E-state index contributed by atoms with van der Waals surface area (Å²) in [6.45, 7) is 1.96. The zero-order valence-corrected chi connectivity index (χ0v) is 15.5. The molecule has 12 nitrogen and oxygen atoms in total. The monoisotopic (exact) mass is 412 g/mol. The van der Waals surface area contributed by atoms with Crippen molar-refractivity contribution in [2.24, 2.45) is 0 Å². The van der Waals surface area contributed by atoms with Gasteiger partial charge in [0.2, 0.25) is 0 Å². The van der Waals surface area contributed by atoms with Crippen LogP contribution >= 0.6 is 0 Å². The highest BCUT2D eigenvalue weighted by atomic mass is 16.8. The van der Waals surface area contributed by atoms with Crippen LogP contribution in [0, 0.1) is 0 Å². The Morgan fingerprint density at radius 1 is 0.893 bits per heavy atom. The molecule has 0 bridgehead atoms. The minimum Gasteiger partial charge on any atom is -0.463 e. The van der Waals surface area contributed by atoms with Gasteiger partial charge in [-0.25, -0.2) is 0 Å². The zero-order valence-electron chi connectivity index (χ0n) is 15.5. The van der Waals surface area contributed by atoms with Gasteiger partial charge in [0.1, 0.15) is 55.4 Å². The quantitative estimate of drug-likeness (QED) is 0.225. The fraction of sp³-hybridized carbons (Fsp3) is 0.938. The van der Waals surface area contributed by atoms with E-state index in [1.807, 2.05) is 0 Å². The molecule has 0 amide bonds. The van der Waals surface area contributed by atoms with Crippen molar-refractivity contribution in [3.63, 3.8) is 0 Å². The van der Waals surface area contributed by atoms with Crippen molar-refractivity contribution < 1.29 is 59.1 Å². The average Bonchev–Trinajstić information content (AvgIpc) is 2.66. The van der Waals surface area contributed by atoms with E-state index in [2.05, 4.69) is 0 Å². The summed E-state index contributed by atoms with van der Waals surface area (Å²) in [5.41, 5.74) is 0. The summed E-state index contributed by atoms with van der Waals surface area (Å²) < 4.78 is 26.4. The third kappa shape index (κ3) is 5.16. The zero-order chi connectivity index (χ0) is 21.0. The van der Waals surface area contributed by atoms with Gasteiger partial charge in [-0.15, -0.1) is 0 Å². The van der Waals surface area contributed by atoms with Crippen LogP contribution in [0.4, 0.5) is 0 Å². The van der Waals surface area contributed by atoms with Crippen LogP contribution in [0.3, 0.4) is 0 Å². The number of esters is 1. The molecule has 6 N–H and O–H groups in total. The van der Waals surface area contributed by atoms with Gasteiger partial charge in [-0.1, -0.05) is 0 Å². The number of carbonyl (C=O) groups excluding carboxylic acids is 1. The van der Waals surface area contributed by atoms with E-state index in [-0.39, 0.29) is 6.61 Å². The summed E-state index contributed by atoms with van der Waals surface area (Å²) >= 11 is 0. The van der Waals surface area contributed by atoms with Crippen LogP contribution in [0.5, 0.6) is 0 Å². The lowest BCUT2D eigenvalue weighted by Gasteiger charge is -2.45. The van der Waals surface area contributed by atoms with Gasteiger partial charge < -0.3 is 54.3 Å². The van der Waals surface area contributed by atoms with E-state index in [0.29, 0.717) is 0 Å². The molecule has 2 heterocycles. The molecule has 5 unspecified atom stereocenters. The summed E-state index contributed by atoms with van der Waals surface area (Å²) in [7, 11) is 0. The lowest BCUT2D eigenvalue weighted by Crippen LogP contribution is -2.64. The van der Waals surface area contributed by atoms with Gasteiger partial charge in [0.25, 0.3) is 0 Å². The Morgan fingerprint density at radius 3 is 2.07 bits per heavy atom. The van der Waals surface area contributed by atoms with Crippen molar-refractivity contribution in [2.45, 2.75) is 75.3 Å². The largest absolute Gasteiger partial charge is 0.463 e. The molecule has 164 valence electrons. The minimum atomic E-state index is -1.72. The van der Waals surface area contributed by atoms with Crippen molar-refractivity contribution >= 4 is 5.97 Å². The second kappa shape index (κ2) is 10.2. The Balaban J connectivity index is 2.13. The van der Waals surface area contributed by atoms with E-state index in [1.165, 1.54) is 0 Å². The van der Waals surface area contributed by atoms with Gasteiger partial charge in [-0.05, 0) is 6.92 Å². The fourth-order valence-corrected chi connectivity index (χ4v) is 3.02. The first-order valence-electron chi connectivity index (χ1n) is 8.93. The summed E-state index contributed by atoms with van der Waals surface area (Å²) in [6.07, 6.45) is -14.5. The predicted molar refractivity (Wildman–Crippen MR) is 87.6 cm³/mol.